The average molecular weight is 238 g/mol. The minimum atomic E-state index is 0.890. The van der Waals surface area contributed by atoms with Gasteiger partial charge in [-0.1, -0.05) is 13.8 Å². The van der Waals surface area contributed by atoms with Gasteiger partial charge in [-0.05, 0) is 37.6 Å². The second kappa shape index (κ2) is 5.80. The molecule has 1 atom stereocenters. The third-order valence-corrected chi connectivity index (χ3v) is 4.22. The second-order valence-electron chi connectivity index (χ2n) is 4.78. The molecule has 0 radical (unpaired) electrons. The third-order valence-electron chi connectivity index (χ3n) is 3.15. The molecule has 0 bridgehead atoms. The summed E-state index contributed by atoms with van der Waals surface area (Å²) in [6, 6.07) is 4.56. The molecular weight excluding hydrogens is 216 g/mol. The highest BCUT2D eigenvalue weighted by Gasteiger charge is 2.18. The molecule has 2 nitrogen and oxygen atoms in total. The van der Waals surface area contributed by atoms with Crippen molar-refractivity contribution in [2.24, 2.45) is 5.92 Å². The Balaban J connectivity index is 1.83. The van der Waals surface area contributed by atoms with Gasteiger partial charge in [0.15, 0.2) is 0 Å². The molecule has 0 amide bonds. The molecule has 1 fully saturated rings. The smallest absolute Gasteiger partial charge is 0.0328 e. The van der Waals surface area contributed by atoms with Gasteiger partial charge >= 0.3 is 0 Å². The van der Waals surface area contributed by atoms with Crippen LogP contribution in [0.4, 0.5) is 0 Å². The highest BCUT2D eigenvalue weighted by atomic mass is 32.1. The van der Waals surface area contributed by atoms with Crippen LogP contribution in [0, 0.1) is 5.92 Å². The van der Waals surface area contributed by atoms with E-state index in [9.17, 15) is 0 Å². The number of hydrogen-bond acceptors (Lipinski definition) is 3. The van der Waals surface area contributed by atoms with Crippen LogP contribution in [0.15, 0.2) is 12.1 Å². The quantitative estimate of drug-likeness (QED) is 0.848. The summed E-state index contributed by atoms with van der Waals surface area (Å²) >= 11 is 1.96. The van der Waals surface area contributed by atoms with E-state index in [2.05, 4.69) is 36.2 Å². The molecule has 0 aromatic carbocycles. The van der Waals surface area contributed by atoms with Crippen molar-refractivity contribution < 1.29 is 0 Å². The van der Waals surface area contributed by atoms with E-state index in [1.807, 2.05) is 11.3 Å². The first-order valence-electron chi connectivity index (χ1n) is 6.28. The molecule has 0 spiro atoms. The molecule has 1 aliphatic rings. The van der Waals surface area contributed by atoms with Crippen molar-refractivity contribution in [2.45, 2.75) is 33.4 Å². The van der Waals surface area contributed by atoms with Gasteiger partial charge in [-0.15, -0.1) is 11.3 Å². The van der Waals surface area contributed by atoms with Crippen molar-refractivity contribution in [3.05, 3.63) is 21.9 Å². The van der Waals surface area contributed by atoms with Crippen molar-refractivity contribution in [3.63, 3.8) is 0 Å². The predicted octanol–water partition coefficient (Wildman–Crippen LogP) is 2.70. The van der Waals surface area contributed by atoms with Crippen LogP contribution in [0.5, 0.6) is 0 Å². The molecule has 0 saturated carbocycles. The lowest BCUT2D eigenvalue weighted by Crippen LogP contribution is -2.18. The van der Waals surface area contributed by atoms with Gasteiger partial charge in [0.25, 0.3) is 0 Å². The van der Waals surface area contributed by atoms with Gasteiger partial charge in [-0.2, -0.15) is 0 Å². The van der Waals surface area contributed by atoms with Crippen LogP contribution in [0.25, 0.3) is 0 Å². The summed E-state index contributed by atoms with van der Waals surface area (Å²) in [6.07, 6.45) is 1.37. The molecule has 2 heterocycles. The first kappa shape index (κ1) is 12.1. The Morgan fingerprint density at radius 1 is 1.44 bits per heavy atom. The Morgan fingerprint density at radius 2 is 2.25 bits per heavy atom. The normalized spacial score (nSPS) is 21.8. The van der Waals surface area contributed by atoms with Gasteiger partial charge < -0.3 is 5.32 Å². The highest BCUT2D eigenvalue weighted by Crippen LogP contribution is 2.22. The van der Waals surface area contributed by atoms with Crippen LogP contribution in [0.2, 0.25) is 0 Å². The molecule has 2 rings (SSSR count). The lowest BCUT2D eigenvalue weighted by molar-refractivity contribution is 0.323. The van der Waals surface area contributed by atoms with Gasteiger partial charge in [-0.25, -0.2) is 0 Å². The van der Waals surface area contributed by atoms with E-state index >= 15 is 0 Å². The summed E-state index contributed by atoms with van der Waals surface area (Å²) in [5.41, 5.74) is 0. The lowest BCUT2D eigenvalue weighted by atomic mass is 10.2. The zero-order valence-corrected chi connectivity index (χ0v) is 11.1. The number of nitrogens with zero attached hydrogens (tertiary/aromatic N) is 1. The summed E-state index contributed by atoms with van der Waals surface area (Å²) < 4.78 is 0. The highest BCUT2D eigenvalue weighted by molar-refractivity contribution is 7.11. The Hall–Kier alpha value is -0.380. The summed E-state index contributed by atoms with van der Waals surface area (Å²) in [5.74, 6) is 0.890. The number of nitrogens with one attached hydrogen (secondary N) is 1. The fourth-order valence-corrected chi connectivity index (χ4v) is 3.27. The predicted molar refractivity (Wildman–Crippen MR) is 70.8 cm³/mol. The maximum Gasteiger partial charge on any atom is 0.0328 e. The Morgan fingerprint density at radius 3 is 2.94 bits per heavy atom. The molecule has 1 saturated heterocycles. The first-order chi connectivity index (χ1) is 7.78. The van der Waals surface area contributed by atoms with Crippen LogP contribution >= 0.6 is 11.3 Å². The molecule has 1 N–H and O–H groups in total. The minimum Gasteiger partial charge on any atom is -0.312 e. The van der Waals surface area contributed by atoms with Crippen LogP contribution in [0.3, 0.4) is 0 Å². The summed E-state index contributed by atoms with van der Waals surface area (Å²) in [6.45, 7) is 10.3. The molecule has 1 aromatic heterocycles. The number of likely N-dealkylation sites (tertiary alicyclic amines) is 1. The lowest BCUT2D eigenvalue weighted by Gasteiger charge is -2.13. The fraction of sp³-hybridized carbons (Fsp3) is 0.692. The fourth-order valence-electron chi connectivity index (χ4n) is 2.24. The standard InChI is InChI=1S/C13H22N2S/c1-3-14-8-12-4-5-13(16-12)10-15-7-6-11(2)9-15/h4-5,11,14H,3,6-10H2,1-2H3. The first-order valence-corrected chi connectivity index (χ1v) is 7.10. The minimum absolute atomic E-state index is 0.890. The van der Waals surface area contributed by atoms with Crippen LogP contribution < -0.4 is 5.32 Å². The molecule has 1 unspecified atom stereocenters. The largest absolute Gasteiger partial charge is 0.312 e. The molecule has 0 aliphatic carbocycles. The molecule has 1 aliphatic heterocycles. The zero-order valence-electron chi connectivity index (χ0n) is 10.3. The maximum atomic E-state index is 3.38. The monoisotopic (exact) mass is 238 g/mol. The van der Waals surface area contributed by atoms with E-state index in [-0.39, 0.29) is 0 Å². The van der Waals surface area contributed by atoms with E-state index in [0.29, 0.717) is 0 Å². The third kappa shape index (κ3) is 3.30. The zero-order chi connectivity index (χ0) is 11.4. The van der Waals surface area contributed by atoms with E-state index in [1.165, 1.54) is 29.3 Å². The molecule has 90 valence electrons. The van der Waals surface area contributed by atoms with Crippen LogP contribution in [-0.4, -0.2) is 24.5 Å². The Bertz CT molecular complexity index is 321. The topological polar surface area (TPSA) is 15.3 Å². The van der Waals surface area contributed by atoms with Gasteiger partial charge in [0, 0.05) is 29.4 Å². The van der Waals surface area contributed by atoms with Gasteiger partial charge in [-0.3, -0.25) is 4.90 Å². The number of thiophene rings is 1. The molecular formula is C13H22N2S. The number of rotatable bonds is 5. The molecule has 1 aromatic rings. The molecule has 16 heavy (non-hydrogen) atoms. The van der Waals surface area contributed by atoms with Crippen molar-refractivity contribution >= 4 is 11.3 Å². The van der Waals surface area contributed by atoms with Crippen LogP contribution in [-0.2, 0) is 13.1 Å². The van der Waals surface area contributed by atoms with Crippen molar-refractivity contribution in [1.82, 2.24) is 10.2 Å². The van der Waals surface area contributed by atoms with E-state index < -0.39 is 0 Å². The summed E-state index contributed by atoms with van der Waals surface area (Å²) in [7, 11) is 0. The van der Waals surface area contributed by atoms with E-state index in [0.717, 1.165) is 25.6 Å². The van der Waals surface area contributed by atoms with Crippen molar-refractivity contribution in [1.29, 1.82) is 0 Å². The van der Waals surface area contributed by atoms with Crippen molar-refractivity contribution in [3.8, 4) is 0 Å². The second-order valence-corrected chi connectivity index (χ2v) is 6.03. The van der Waals surface area contributed by atoms with E-state index in [4.69, 9.17) is 0 Å². The SMILES string of the molecule is CCNCc1ccc(CN2CCC(C)C2)s1. The average Bonchev–Trinajstić information content (AvgIpc) is 2.86. The van der Waals surface area contributed by atoms with Gasteiger partial charge in [0.05, 0.1) is 0 Å². The maximum absolute atomic E-state index is 3.38. The van der Waals surface area contributed by atoms with Gasteiger partial charge in [0.1, 0.15) is 0 Å². The van der Waals surface area contributed by atoms with E-state index in [1.54, 1.807) is 0 Å². The Labute approximate surface area is 103 Å². The van der Waals surface area contributed by atoms with Crippen molar-refractivity contribution in [2.75, 3.05) is 19.6 Å². The van der Waals surface area contributed by atoms with Crippen LogP contribution in [0.1, 0.15) is 30.0 Å². The summed E-state index contributed by atoms with van der Waals surface area (Å²) in [4.78, 5) is 5.55. The summed E-state index contributed by atoms with van der Waals surface area (Å²) in [5, 5.41) is 3.38. The number of hydrogen-bond donors (Lipinski definition) is 1. The Kier molecular flexibility index (Phi) is 4.38. The molecule has 3 heteroatoms. The van der Waals surface area contributed by atoms with Gasteiger partial charge in [0.2, 0.25) is 0 Å².